The number of aryl methyl sites for hydroxylation is 1. The number of fused-ring (bicyclic) bond motifs is 1. The lowest BCUT2D eigenvalue weighted by Gasteiger charge is -2.34. The molecule has 1 unspecified atom stereocenters. The quantitative estimate of drug-likeness (QED) is 0.0155. The standard InChI is InChI=1S/C60H83F2IN14O12/c61-60(62)36-46(37-64)77(43-60)55(81)38-67-59(88)48-17-20-65-50-16-15-47(35-49(48)50)89-34-4-3-21-71-30-32-76(33-31-71)54(80)10-6-19-68-70-51(8-1-2-18-66-52(78)9-5-7-44-11-13-45(63)14-12-44)69-53(79)39-72-22-24-73(40-56(82)83)26-28-75(42-58(86)87)29-27-74(25-23-72)41-57(84)85/h11-17,19-20,35,46,51,70H,1-10,18,21-34,36,38-43H2,(H,66,78)(H,67,88)(H,69,79)(H,82,83)(H,84,85)(H,86,87)/b68-19-/t46-,51?/m1/s1. The Bertz CT molecular complexity index is 2890. The number of alkyl halides is 2. The van der Waals surface area contributed by atoms with Gasteiger partial charge in [-0.3, -0.25) is 73.3 Å². The Morgan fingerprint density at radius 3 is 1.97 bits per heavy atom. The van der Waals surface area contributed by atoms with Crippen LogP contribution in [0.5, 0.6) is 5.75 Å². The Morgan fingerprint density at radius 1 is 0.730 bits per heavy atom. The number of unbranched alkanes of at least 4 members (excludes halogenated alkanes) is 2. The summed E-state index contributed by atoms with van der Waals surface area (Å²) in [4.78, 5) is 117. The number of carboxylic acids is 3. The summed E-state index contributed by atoms with van der Waals surface area (Å²) in [5, 5.41) is 51.4. The molecule has 2 atom stereocenters. The minimum Gasteiger partial charge on any atom is -0.494 e. The first-order valence-electron chi connectivity index (χ1n) is 30.2. The molecule has 4 heterocycles. The predicted molar refractivity (Wildman–Crippen MR) is 333 cm³/mol. The van der Waals surface area contributed by atoms with Crippen molar-refractivity contribution in [3.8, 4) is 11.8 Å². The number of carbonyl (C=O) groups excluding carboxylic acids is 5. The van der Waals surface area contributed by atoms with Gasteiger partial charge in [-0.05, 0) is 122 Å². The van der Waals surface area contributed by atoms with Crippen LogP contribution in [0.3, 0.4) is 0 Å². The minimum absolute atomic E-state index is 0.0124. The summed E-state index contributed by atoms with van der Waals surface area (Å²) in [5.41, 5.74) is 4.94. The van der Waals surface area contributed by atoms with E-state index in [1.165, 1.54) is 17.8 Å². The number of benzene rings is 2. The Morgan fingerprint density at radius 2 is 1.35 bits per heavy atom. The molecule has 6 rings (SSSR count). The Kier molecular flexibility index (Phi) is 29.5. The van der Waals surface area contributed by atoms with Gasteiger partial charge in [-0.2, -0.15) is 10.4 Å². The van der Waals surface area contributed by atoms with Gasteiger partial charge in [0.1, 0.15) is 18.0 Å². The van der Waals surface area contributed by atoms with Crippen LogP contribution in [0.1, 0.15) is 80.1 Å². The highest BCUT2D eigenvalue weighted by Gasteiger charge is 2.47. The number of aromatic nitrogens is 1. The Labute approximate surface area is 530 Å². The zero-order chi connectivity index (χ0) is 64.1. The molecule has 26 nitrogen and oxygen atoms in total. The molecular formula is C60H83F2IN14O12. The van der Waals surface area contributed by atoms with E-state index < -0.39 is 67.4 Å². The second kappa shape index (κ2) is 37.0. The maximum absolute atomic E-state index is 13.9. The van der Waals surface area contributed by atoms with Gasteiger partial charge < -0.3 is 45.8 Å². The van der Waals surface area contributed by atoms with Gasteiger partial charge in [-0.25, -0.2) is 8.78 Å². The van der Waals surface area contributed by atoms with Crippen LogP contribution in [-0.2, 0) is 40.0 Å². The molecule has 3 aliphatic rings. The van der Waals surface area contributed by atoms with Gasteiger partial charge in [0.25, 0.3) is 11.8 Å². The molecule has 0 aliphatic carbocycles. The summed E-state index contributed by atoms with van der Waals surface area (Å²) < 4.78 is 35.0. The summed E-state index contributed by atoms with van der Waals surface area (Å²) >= 11 is 2.25. The number of hydrazone groups is 1. The molecule has 7 N–H and O–H groups in total. The number of pyridine rings is 1. The van der Waals surface area contributed by atoms with Crippen molar-refractivity contribution in [2.75, 3.05) is 138 Å². The minimum atomic E-state index is -3.17. The number of hydrogen-bond donors (Lipinski definition) is 7. The largest absolute Gasteiger partial charge is 0.494 e. The van der Waals surface area contributed by atoms with Crippen LogP contribution in [0.25, 0.3) is 10.9 Å². The maximum atomic E-state index is 13.9. The number of carboxylic acid groups (broad SMARTS) is 3. The number of nitriles is 1. The zero-order valence-electron chi connectivity index (χ0n) is 50.2. The lowest BCUT2D eigenvalue weighted by Crippen LogP contribution is -2.51. The molecule has 5 amide bonds. The van der Waals surface area contributed by atoms with Crippen molar-refractivity contribution in [3.63, 3.8) is 0 Å². The zero-order valence-corrected chi connectivity index (χ0v) is 52.3. The van der Waals surface area contributed by atoms with E-state index in [-0.39, 0.29) is 108 Å². The fraction of sp³-hybridized carbons (Fsp3) is 0.583. The van der Waals surface area contributed by atoms with E-state index in [0.717, 1.165) is 34.3 Å². The summed E-state index contributed by atoms with van der Waals surface area (Å²) in [5.74, 6) is -7.64. The van der Waals surface area contributed by atoms with E-state index in [4.69, 9.17) is 4.74 Å². The number of halogens is 3. The first kappa shape index (κ1) is 70.8. The third-order valence-corrected chi connectivity index (χ3v) is 16.2. The Balaban J connectivity index is 0.936. The molecule has 0 spiro atoms. The van der Waals surface area contributed by atoms with Gasteiger partial charge in [0.2, 0.25) is 23.6 Å². The van der Waals surface area contributed by atoms with Crippen LogP contribution in [-0.4, -0.2) is 264 Å². The number of hydrogen-bond acceptors (Lipinski definition) is 18. The molecular weight excluding hydrogens is 1270 g/mol. The number of amides is 5. The van der Waals surface area contributed by atoms with Crippen molar-refractivity contribution in [1.82, 2.24) is 60.7 Å². The normalized spacial score (nSPS) is 17.9. The highest BCUT2D eigenvalue weighted by molar-refractivity contribution is 14.1. The van der Waals surface area contributed by atoms with E-state index in [9.17, 15) is 67.7 Å². The number of likely N-dealkylation sites (tertiary alicyclic amines) is 1. The SMILES string of the molecule is N#C[C@H]1CC(F)(F)CN1C(=O)CNC(=O)c1ccnc2ccc(OCCCCN3CCN(C(=O)CC/C=N\NC(CCCCNC(=O)CCCc4ccc(I)cc4)NC(=O)CN4CCN(CC(=O)O)CCN(CC(=O)O)CCN(CC(=O)O)CC4)CC3)cc12. The van der Waals surface area contributed by atoms with Crippen molar-refractivity contribution >= 4 is 87.2 Å². The topological polar surface area (TPSA) is 326 Å². The van der Waals surface area contributed by atoms with Crippen LogP contribution in [0.2, 0.25) is 0 Å². The van der Waals surface area contributed by atoms with E-state index >= 15 is 0 Å². The molecule has 29 heteroatoms. The summed E-state index contributed by atoms with van der Waals surface area (Å²) in [6.07, 6.45) is 7.35. The molecule has 3 aromatic rings. The second-order valence-electron chi connectivity index (χ2n) is 22.4. The number of nitrogens with zero attached hydrogens (tertiary/aromatic N) is 10. The van der Waals surface area contributed by atoms with Crippen molar-refractivity contribution in [2.45, 2.75) is 88.8 Å². The predicted octanol–water partition coefficient (Wildman–Crippen LogP) is 2.21. The molecule has 0 radical (unpaired) electrons. The van der Waals surface area contributed by atoms with E-state index in [0.29, 0.717) is 94.5 Å². The monoisotopic (exact) mass is 1360 g/mol. The molecule has 0 saturated carbocycles. The summed E-state index contributed by atoms with van der Waals surface area (Å²) in [7, 11) is 0. The first-order chi connectivity index (χ1) is 42.7. The fourth-order valence-electron chi connectivity index (χ4n) is 10.7. The van der Waals surface area contributed by atoms with Gasteiger partial charge in [-0.1, -0.05) is 12.1 Å². The van der Waals surface area contributed by atoms with Crippen LogP contribution in [0, 0.1) is 14.9 Å². The van der Waals surface area contributed by atoms with E-state index in [1.54, 1.807) is 45.2 Å². The fourth-order valence-corrected chi connectivity index (χ4v) is 11.0. The number of aliphatic carboxylic acids is 3. The lowest BCUT2D eigenvalue weighted by atomic mass is 10.1. The van der Waals surface area contributed by atoms with E-state index in [2.05, 4.69) is 71.1 Å². The number of carbonyl (C=O) groups is 8. The van der Waals surface area contributed by atoms with Crippen molar-refractivity contribution < 1.29 is 67.2 Å². The summed E-state index contributed by atoms with van der Waals surface area (Å²) in [6.45, 7) is 3.73. The maximum Gasteiger partial charge on any atom is 0.317 e. The number of piperazine rings is 1. The smallest absolute Gasteiger partial charge is 0.317 e. The Hall–Kier alpha value is -7.24. The molecule has 89 heavy (non-hydrogen) atoms. The molecule has 1 aromatic heterocycles. The average molecular weight is 1360 g/mol. The number of nitrogens with one attached hydrogen (secondary N) is 4. The van der Waals surface area contributed by atoms with Gasteiger partial charge in [0.05, 0.1) is 63.0 Å². The van der Waals surface area contributed by atoms with Crippen molar-refractivity contribution in [1.29, 1.82) is 5.26 Å². The second-order valence-corrected chi connectivity index (χ2v) is 23.7. The van der Waals surface area contributed by atoms with Crippen LogP contribution < -0.4 is 26.1 Å². The van der Waals surface area contributed by atoms with Gasteiger partial charge >= 0.3 is 17.9 Å². The van der Waals surface area contributed by atoms with Crippen molar-refractivity contribution in [2.24, 2.45) is 5.10 Å². The molecule has 0 bridgehead atoms. The molecule has 3 saturated heterocycles. The van der Waals surface area contributed by atoms with Crippen LogP contribution in [0.4, 0.5) is 8.78 Å². The number of ether oxygens (including phenoxy) is 1. The first-order valence-corrected chi connectivity index (χ1v) is 31.3. The molecule has 2 aromatic carbocycles. The van der Waals surface area contributed by atoms with Crippen LogP contribution >= 0.6 is 22.6 Å². The molecule has 3 aliphatic heterocycles. The van der Waals surface area contributed by atoms with Crippen LogP contribution in [0.15, 0.2) is 59.8 Å². The molecule has 3 fully saturated rings. The third kappa shape index (κ3) is 26.0. The third-order valence-electron chi connectivity index (χ3n) is 15.5. The summed E-state index contributed by atoms with van der Waals surface area (Å²) in [6, 6.07) is 15.3. The number of rotatable bonds is 32. The van der Waals surface area contributed by atoms with E-state index in [1.807, 2.05) is 21.9 Å². The lowest BCUT2D eigenvalue weighted by molar-refractivity contribution is -0.140. The van der Waals surface area contributed by atoms with Gasteiger partial charge in [-0.15, -0.1) is 0 Å². The van der Waals surface area contributed by atoms with Gasteiger partial charge in [0.15, 0.2) is 0 Å². The van der Waals surface area contributed by atoms with Gasteiger partial charge in [0, 0.05) is 126 Å². The highest BCUT2D eigenvalue weighted by atomic mass is 127. The highest BCUT2D eigenvalue weighted by Crippen LogP contribution is 2.32. The van der Waals surface area contributed by atoms with Crippen molar-refractivity contribution in [3.05, 3.63) is 69.4 Å². The molecule has 486 valence electrons. The average Bonchev–Trinajstić information content (AvgIpc) is 3.88.